The molecule has 0 saturated carbocycles. The third-order valence-corrected chi connectivity index (χ3v) is 5.37. The first kappa shape index (κ1) is 20.2. The van der Waals surface area contributed by atoms with Gasteiger partial charge in [0.15, 0.2) is 11.5 Å². The van der Waals surface area contributed by atoms with Crippen molar-refractivity contribution in [1.82, 2.24) is 5.32 Å². The Labute approximate surface area is 177 Å². The van der Waals surface area contributed by atoms with Crippen molar-refractivity contribution >= 4 is 68.7 Å². The van der Waals surface area contributed by atoms with E-state index in [2.05, 4.69) is 21.2 Å². The number of phenols is 1. The number of phenolic OH excluding ortho intramolecular Hbond substituents is 1. The van der Waals surface area contributed by atoms with Gasteiger partial charge in [-0.3, -0.25) is 14.9 Å². The number of anilines is 1. The number of nitrogens with zero attached hydrogens (tertiary/aromatic N) is 1. The third-order valence-electron chi connectivity index (χ3n) is 3.87. The number of methoxy groups -OCH3 is 1. The van der Waals surface area contributed by atoms with E-state index in [9.17, 15) is 19.5 Å². The van der Waals surface area contributed by atoms with Crippen LogP contribution in [0, 0.1) is 0 Å². The normalized spacial score (nSPS) is 15.8. The molecule has 0 bridgehead atoms. The summed E-state index contributed by atoms with van der Waals surface area (Å²) < 4.78 is 5.44. The SMILES string of the molecule is COc1cc(C=C2C(=O)NC(=O)N(c3cccc(Cl)c3Cl)C2=O)c(Br)cc1O. The number of amides is 4. The molecule has 2 aromatic carbocycles. The number of urea groups is 1. The molecule has 1 saturated heterocycles. The van der Waals surface area contributed by atoms with Gasteiger partial charge in [0, 0.05) is 4.47 Å². The number of carbonyl (C=O) groups excluding carboxylic acids is 3. The fraction of sp³-hybridized carbons (Fsp3) is 0.0556. The van der Waals surface area contributed by atoms with Crippen LogP contribution in [0.1, 0.15) is 5.56 Å². The highest BCUT2D eigenvalue weighted by molar-refractivity contribution is 9.10. The molecule has 0 atom stereocenters. The topological polar surface area (TPSA) is 95.9 Å². The maximum Gasteiger partial charge on any atom is 0.336 e. The summed E-state index contributed by atoms with van der Waals surface area (Å²) in [4.78, 5) is 38.2. The van der Waals surface area contributed by atoms with Crippen LogP contribution in [0.4, 0.5) is 10.5 Å². The van der Waals surface area contributed by atoms with E-state index in [0.717, 1.165) is 4.90 Å². The molecule has 28 heavy (non-hydrogen) atoms. The highest BCUT2D eigenvalue weighted by Gasteiger charge is 2.38. The Balaban J connectivity index is 2.11. The van der Waals surface area contributed by atoms with E-state index in [0.29, 0.717) is 10.0 Å². The molecule has 2 N–H and O–H groups in total. The smallest absolute Gasteiger partial charge is 0.336 e. The van der Waals surface area contributed by atoms with Crippen LogP contribution in [-0.4, -0.2) is 30.1 Å². The van der Waals surface area contributed by atoms with Gasteiger partial charge in [-0.15, -0.1) is 0 Å². The number of barbiturate groups is 1. The van der Waals surface area contributed by atoms with Crippen LogP contribution in [-0.2, 0) is 9.59 Å². The minimum atomic E-state index is -0.946. The van der Waals surface area contributed by atoms with Crippen molar-refractivity contribution in [3.05, 3.63) is 56.0 Å². The monoisotopic (exact) mass is 484 g/mol. The number of nitrogens with one attached hydrogen (secondary N) is 1. The van der Waals surface area contributed by atoms with Gasteiger partial charge in [0.05, 0.1) is 22.8 Å². The molecule has 2 aromatic rings. The first-order valence-electron chi connectivity index (χ1n) is 7.66. The zero-order valence-electron chi connectivity index (χ0n) is 14.1. The van der Waals surface area contributed by atoms with Crippen LogP contribution >= 0.6 is 39.1 Å². The van der Waals surface area contributed by atoms with Crippen LogP contribution in [0.3, 0.4) is 0 Å². The Morgan fingerprint density at radius 3 is 2.61 bits per heavy atom. The van der Waals surface area contributed by atoms with Crippen molar-refractivity contribution in [2.24, 2.45) is 0 Å². The molecule has 0 spiro atoms. The molecular formula is C18H11BrCl2N2O5. The van der Waals surface area contributed by atoms with Crippen molar-refractivity contribution in [2.45, 2.75) is 0 Å². The van der Waals surface area contributed by atoms with E-state index in [4.69, 9.17) is 27.9 Å². The van der Waals surface area contributed by atoms with E-state index < -0.39 is 17.8 Å². The molecule has 1 fully saturated rings. The highest BCUT2D eigenvalue weighted by Crippen LogP contribution is 2.36. The molecular weight excluding hydrogens is 475 g/mol. The maximum absolute atomic E-state index is 12.9. The highest BCUT2D eigenvalue weighted by atomic mass is 79.9. The van der Waals surface area contributed by atoms with Crippen LogP contribution in [0.25, 0.3) is 6.08 Å². The van der Waals surface area contributed by atoms with E-state index in [1.165, 1.54) is 43.5 Å². The van der Waals surface area contributed by atoms with E-state index >= 15 is 0 Å². The Bertz CT molecular complexity index is 1050. The van der Waals surface area contributed by atoms with Crippen LogP contribution in [0.15, 0.2) is 40.4 Å². The lowest BCUT2D eigenvalue weighted by molar-refractivity contribution is -0.122. The molecule has 4 amide bonds. The predicted molar refractivity (Wildman–Crippen MR) is 108 cm³/mol. The van der Waals surface area contributed by atoms with Gasteiger partial charge in [0.25, 0.3) is 11.8 Å². The summed E-state index contributed by atoms with van der Waals surface area (Å²) in [6, 6.07) is 6.29. The number of aromatic hydroxyl groups is 1. The number of ether oxygens (including phenoxy) is 1. The van der Waals surface area contributed by atoms with E-state index in [1.54, 1.807) is 0 Å². The lowest BCUT2D eigenvalue weighted by Crippen LogP contribution is -2.54. The Hall–Kier alpha value is -2.55. The number of carbonyl (C=O) groups is 3. The van der Waals surface area contributed by atoms with Crippen molar-refractivity contribution in [3.63, 3.8) is 0 Å². The average molecular weight is 486 g/mol. The molecule has 10 heteroatoms. The predicted octanol–water partition coefficient (Wildman–Crippen LogP) is 4.14. The van der Waals surface area contributed by atoms with Crippen molar-refractivity contribution in [2.75, 3.05) is 12.0 Å². The van der Waals surface area contributed by atoms with Gasteiger partial charge < -0.3 is 9.84 Å². The van der Waals surface area contributed by atoms with Gasteiger partial charge >= 0.3 is 6.03 Å². The molecule has 1 aliphatic rings. The number of hydrogen-bond acceptors (Lipinski definition) is 5. The molecule has 0 aliphatic carbocycles. The largest absolute Gasteiger partial charge is 0.504 e. The summed E-state index contributed by atoms with van der Waals surface area (Å²) in [5.41, 5.74) is 0.0983. The summed E-state index contributed by atoms with van der Waals surface area (Å²) in [7, 11) is 1.36. The minimum absolute atomic E-state index is 0.00570. The second-order valence-corrected chi connectivity index (χ2v) is 7.22. The molecule has 3 rings (SSSR count). The summed E-state index contributed by atoms with van der Waals surface area (Å²) in [6.45, 7) is 0. The summed E-state index contributed by atoms with van der Waals surface area (Å²) in [5, 5.41) is 12.0. The first-order valence-corrected chi connectivity index (χ1v) is 9.21. The number of rotatable bonds is 3. The second-order valence-electron chi connectivity index (χ2n) is 5.58. The van der Waals surface area contributed by atoms with Crippen LogP contribution in [0.5, 0.6) is 11.5 Å². The fourth-order valence-corrected chi connectivity index (χ4v) is 3.36. The number of imide groups is 2. The quantitative estimate of drug-likeness (QED) is 0.503. The van der Waals surface area contributed by atoms with Crippen LogP contribution < -0.4 is 15.0 Å². The Morgan fingerprint density at radius 2 is 1.93 bits per heavy atom. The van der Waals surface area contributed by atoms with Gasteiger partial charge in [-0.05, 0) is 35.9 Å². The summed E-state index contributed by atoms with van der Waals surface area (Å²) in [5.74, 6) is -1.73. The number of hydrogen-bond donors (Lipinski definition) is 2. The van der Waals surface area contributed by atoms with Gasteiger partial charge in [0.1, 0.15) is 5.57 Å². The molecule has 1 heterocycles. The van der Waals surface area contributed by atoms with Crippen molar-refractivity contribution in [1.29, 1.82) is 0 Å². The Kier molecular flexibility index (Phi) is 5.64. The number of benzene rings is 2. The maximum atomic E-state index is 12.9. The average Bonchev–Trinajstić information content (AvgIpc) is 2.63. The zero-order chi connectivity index (χ0) is 20.6. The van der Waals surface area contributed by atoms with Gasteiger partial charge in [0.2, 0.25) is 0 Å². The zero-order valence-corrected chi connectivity index (χ0v) is 17.2. The Morgan fingerprint density at radius 1 is 1.21 bits per heavy atom. The third kappa shape index (κ3) is 3.58. The first-order chi connectivity index (χ1) is 13.2. The molecule has 144 valence electrons. The van der Waals surface area contributed by atoms with E-state index in [-0.39, 0.29) is 32.8 Å². The molecule has 0 unspecified atom stereocenters. The lowest BCUT2D eigenvalue weighted by atomic mass is 10.1. The molecule has 0 radical (unpaired) electrons. The van der Waals surface area contributed by atoms with Crippen molar-refractivity contribution < 1.29 is 24.2 Å². The van der Waals surface area contributed by atoms with E-state index in [1.807, 2.05) is 0 Å². The molecule has 7 nitrogen and oxygen atoms in total. The van der Waals surface area contributed by atoms with Gasteiger partial charge in [-0.1, -0.05) is 45.2 Å². The number of halogens is 3. The van der Waals surface area contributed by atoms with Gasteiger partial charge in [-0.2, -0.15) is 0 Å². The van der Waals surface area contributed by atoms with Crippen LogP contribution in [0.2, 0.25) is 10.0 Å². The second kappa shape index (κ2) is 7.83. The summed E-state index contributed by atoms with van der Waals surface area (Å²) in [6.07, 6.45) is 1.27. The van der Waals surface area contributed by atoms with Gasteiger partial charge in [-0.25, -0.2) is 9.69 Å². The lowest BCUT2D eigenvalue weighted by Gasteiger charge is -2.27. The molecule has 0 aromatic heterocycles. The van der Waals surface area contributed by atoms with Crippen molar-refractivity contribution in [3.8, 4) is 11.5 Å². The minimum Gasteiger partial charge on any atom is -0.504 e. The fourth-order valence-electron chi connectivity index (χ4n) is 2.53. The summed E-state index contributed by atoms with van der Waals surface area (Å²) >= 11 is 15.3. The standard InChI is InChI=1S/C18H11BrCl2N2O5/c1-28-14-6-8(10(19)7-13(14)24)5-9-16(25)22-18(27)23(17(9)26)12-4-2-3-11(20)15(12)21/h2-7,24H,1H3,(H,22,25,27). The molecule has 1 aliphatic heterocycles.